The van der Waals surface area contributed by atoms with E-state index in [1.165, 1.54) is 12.1 Å². The first-order chi connectivity index (χ1) is 6.43. The highest BCUT2D eigenvalue weighted by atomic mass is 16.1. The Kier molecular flexibility index (Phi) is 2.42. The fourth-order valence-corrected chi connectivity index (χ4v) is 1.20. The number of benzene rings is 1. The molecule has 0 heterocycles. The van der Waals surface area contributed by atoms with Crippen molar-refractivity contribution in [2.24, 2.45) is 11.5 Å². The summed E-state index contributed by atoms with van der Waals surface area (Å²) in [5, 5.41) is 0. The number of rotatable bonds is 2. The Morgan fingerprint density at radius 2 is 1.57 bits per heavy atom. The third kappa shape index (κ3) is 1.66. The van der Waals surface area contributed by atoms with E-state index in [1.54, 1.807) is 6.92 Å². The molecule has 6 N–H and O–H groups in total. The molecule has 0 spiro atoms. The van der Waals surface area contributed by atoms with Crippen LogP contribution < -0.4 is 17.2 Å². The molecule has 1 aromatic rings. The van der Waals surface area contributed by atoms with Gasteiger partial charge in [0.25, 0.3) is 5.91 Å². The van der Waals surface area contributed by atoms with Crippen molar-refractivity contribution in [1.29, 1.82) is 0 Å². The van der Waals surface area contributed by atoms with Crippen molar-refractivity contribution in [3.05, 3.63) is 28.8 Å². The van der Waals surface area contributed by atoms with Gasteiger partial charge in [0.2, 0.25) is 5.91 Å². The minimum atomic E-state index is -0.623. The lowest BCUT2D eigenvalue weighted by Crippen LogP contribution is -2.17. The number of anilines is 1. The minimum absolute atomic E-state index is 0.164. The zero-order valence-corrected chi connectivity index (χ0v) is 7.70. The summed E-state index contributed by atoms with van der Waals surface area (Å²) in [5.41, 5.74) is 16.9. The molecule has 0 aliphatic carbocycles. The quantitative estimate of drug-likeness (QED) is 0.564. The molecule has 0 unspecified atom stereocenters. The summed E-state index contributed by atoms with van der Waals surface area (Å²) in [7, 11) is 0. The Balaban J connectivity index is 3.38. The molecule has 0 saturated heterocycles. The van der Waals surface area contributed by atoms with Gasteiger partial charge in [-0.15, -0.1) is 0 Å². The zero-order valence-electron chi connectivity index (χ0n) is 7.70. The van der Waals surface area contributed by atoms with Crippen LogP contribution in [0.15, 0.2) is 12.1 Å². The number of nitrogen functional groups attached to an aromatic ring is 1. The Morgan fingerprint density at radius 1 is 1.07 bits per heavy atom. The molecule has 0 aromatic heterocycles. The van der Waals surface area contributed by atoms with Gasteiger partial charge in [-0.2, -0.15) is 0 Å². The average Bonchev–Trinajstić information content (AvgIpc) is 2.07. The van der Waals surface area contributed by atoms with Crippen LogP contribution in [0.4, 0.5) is 5.69 Å². The summed E-state index contributed by atoms with van der Waals surface area (Å²) in [6.45, 7) is 1.66. The van der Waals surface area contributed by atoms with Gasteiger partial charge < -0.3 is 17.2 Å². The molecule has 5 heteroatoms. The average molecular weight is 193 g/mol. The summed E-state index contributed by atoms with van der Waals surface area (Å²) in [5.74, 6) is -1.20. The second-order valence-corrected chi connectivity index (χ2v) is 2.98. The Labute approximate surface area is 80.9 Å². The van der Waals surface area contributed by atoms with Crippen molar-refractivity contribution in [2.75, 3.05) is 5.73 Å². The maximum Gasteiger partial charge on any atom is 0.250 e. The number of carbonyl (C=O) groups excluding carboxylic acids is 2. The molecule has 14 heavy (non-hydrogen) atoms. The fraction of sp³-hybridized carbons (Fsp3) is 0.111. The highest BCUT2D eigenvalue weighted by Gasteiger charge is 2.11. The number of primary amides is 2. The van der Waals surface area contributed by atoms with Gasteiger partial charge in [0.15, 0.2) is 0 Å². The fourth-order valence-electron chi connectivity index (χ4n) is 1.20. The van der Waals surface area contributed by atoms with E-state index in [0.29, 0.717) is 11.1 Å². The van der Waals surface area contributed by atoms with Crippen molar-refractivity contribution in [3.8, 4) is 0 Å². The smallest absolute Gasteiger partial charge is 0.250 e. The van der Waals surface area contributed by atoms with Crippen molar-refractivity contribution >= 4 is 17.5 Å². The minimum Gasteiger partial charge on any atom is -0.398 e. The molecule has 1 rings (SSSR count). The van der Waals surface area contributed by atoms with Crippen molar-refractivity contribution in [1.82, 2.24) is 0 Å². The van der Waals surface area contributed by atoms with Crippen LogP contribution >= 0.6 is 0 Å². The topological polar surface area (TPSA) is 112 Å². The molecule has 1 aromatic carbocycles. The predicted octanol–water partition coefficient (Wildman–Crippen LogP) is -0.225. The normalized spacial score (nSPS) is 9.79. The Hall–Kier alpha value is -2.04. The molecular formula is C9H11N3O2. The van der Waals surface area contributed by atoms with Gasteiger partial charge >= 0.3 is 0 Å². The van der Waals surface area contributed by atoms with Crippen LogP contribution in [0.1, 0.15) is 26.3 Å². The highest BCUT2D eigenvalue weighted by Crippen LogP contribution is 2.17. The number of hydrogen-bond acceptors (Lipinski definition) is 3. The van der Waals surface area contributed by atoms with E-state index < -0.39 is 11.8 Å². The monoisotopic (exact) mass is 193 g/mol. The van der Waals surface area contributed by atoms with Crippen molar-refractivity contribution in [2.45, 2.75) is 6.92 Å². The molecule has 2 amide bonds. The molecule has 0 bridgehead atoms. The second-order valence-electron chi connectivity index (χ2n) is 2.98. The standard InChI is InChI=1S/C9H11N3O2/c1-4-2-6(9(12)14)7(10)3-5(4)8(11)13/h2-3H,10H2,1H3,(H2,11,13)(H2,12,14). The van der Waals surface area contributed by atoms with E-state index in [1.807, 2.05) is 0 Å². The van der Waals surface area contributed by atoms with Crippen LogP contribution in [0, 0.1) is 6.92 Å². The Bertz CT molecular complexity index is 373. The molecule has 0 aliphatic rings. The van der Waals surface area contributed by atoms with E-state index in [4.69, 9.17) is 17.2 Å². The molecule has 74 valence electrons. The van der Waals surface area contributed by atoms with Gasteiger partial charge in [0, 0.05) is 11.3 Å². The summed E-state index contributed by atoms with van der Waals surface area (Å²) >= 11 is 0. The summed E-state index contributed by atoms with van der Waals surface area (Å²) in [6, 6.07) is 2.81. The largest absolute Gasteiger partial charge is 0.398 e. The van der Waals surface area contributed by atoms with Crippen LogP contribution in [0.2, 0.25) is 0 Å². The van der Waals surface area contributed by atoms with Crippen LogP contribution in [0.5, 0.6) is 0 Å². The van der Waals surface area contributed by atoms with E-state index >= 15 is 0 Å². The lowest BCUT2D eigenvalue weighted by Gasteiger charge is -2.06. The number of hydrogen-bond donors (Lipinski definition) is 3. The molecule has 0 atom stereocenters. The third-order valence-corrected chi connectivity index (χ3v) is 1.93. The van der Waals surface area contributed by atoms with Crippen molar-refractivity contribution in [3.63, 3.8) is 0 Å². The third-order valence-electron chi connectivity index (χ3n) is 1.93. The Morgan fingerprint density at radius 3 is 2.00 bits per heavy atom. The van der Waals surface area contributed by atoms with E-state index in [-0.39, 0.29) is 11.3 Å². The van der Waals surface area contributed by atoms with E-state index in [9.17, 15) is 9.59 Å². The van der Waals surface area contributed by atoms with E-state index in [2.05, 4.69) is 0 Å². The number of amides is 2. The first kappa shape index (κ1) is 10.0. The number of carbonyl (C=O) groups is 2. The lowest BCUT2D eigenvalue weighted by molar-refractivity contribution is 0.0988. The number of aryl methyl sites for hydroxylation is 1. The summed E-state index contributed by atoms with van der Waals surface area (Å²) in [4.78, 5) is 21.8. The molecule has 0 fully saturated rings. The molecule has 0 aliphatic heterocycles. The van der Waals surface area contributed by atoms with E-state index in [0.717, 1.165) is 0 Å². The maximum atomic E-state index is 10.9. The van der Waals surface area contributed by atoms with Gasteiger partial charge in [-0.1, -0.05) is 0 Å². The first-order valence-corrected chi connectivity index (χ1v) is 3.93. The van der Waals surface area contributed by atoms with Gasteiger partial charge in [0.1, 0.15) is 0 Å². The van der Waals surface area contributed by atoms with Crippen LogP contribution in [-0.4, -0.2) is 11.8 Å². The van der Waals surface area contributed by atoms with Gasteiger partial charge in [-0.3, -0.25) is 9.59 Å². The number of nitrogens with two attached hydrogens (primary N) is 3. The van der Waals surface area contributed by atoms with Gasteiger partial charge in [-0.05, 0) is 24.6 Å². The molecule has 0 saturated carbocycles. The SMILES string of the molecule is Cc1cc(C(N)=O)c(N)cc1C(N)=O. The lowest BCUT2D eigenvalue weighted by atomic mass is 10.0. The summed E-state index contributed by atoms with van der Waals surface area (Å²) in [6.07, 6.45) is 0. The second kappa shape index (κ2) is 3.37. The van der Waals surface area contributed by atoms with Crippen LogP contribution in [-0.2, 0) is 0 Å². The molecular weight excluding hydrogens is 182 g/mol. The summed E-state index contributed by atoms with van der Waals surface area (Å²) < 4.78 is 0. The predicted molar refractivity (Wildman–Crippen MR) is 52.6 cm³/mol. The maximum absolute atomic E-state index is 10.9. The molecule has 0 radical (unpaired) electrons. The van der Waals surface area contributed by atoms with Crippen LogP contribution in [0.25, 0.3) is 0 Å². The van der Waals surface area contributed by atoms with Gasteiger partial charge in [0.05, 0.1) is 5.56 Å². The van der Waals surface area contributed by atoms with Gasteiger partial charge in [-0.25, -0.2) is 0 Å². The first-order valence-electron chi connectivity index (χ1n) is 3.93. The van der Waals surface area contributed by atoms with Crippen LogP contribution in [0.3, 0.4) is 0 Å². The zero-order chi connectivity index (χ0) is 10.9. The molecule has 5 nitrogen and oxygen atoms in total. The van der Waals surface area contributed by atoms with Crippen molar-refractivity contribution < 1.29 is 9.59 Å². The highest BCUT2D eigenvalue weighted by molar-refractivity contribution is 6.02.